The zero-order chi connectivity index (χ0) is 14.4. The normalized spacial score (nSPS) is 10.5. The van der Waals surface area contributed by atoms with Crippen molar-refractivity contribution in [1.29, 1.82) is 0 Å². The van der Waals surface area contributed by atoms with Gasteiger partial charge in [0.1, 0.15) is 10.8 Å². The Hall–Kier alpha value is -1.79. The maximum Gasteiger partial charge on any atom is 0.226 e. The maximum atomic E-state index is 13.1. The lowest BCUT2D eigenvalue weighted by atomic mass is 10.2. The van der Waals surface area contributed by atoms with Crippen LogP contribution in [0.2, 0.25) is 0 Å². The van der Waals surface area contributed by atoms with E-state index < -0.39 is 0 Å². The molecule has 0 saturated carbocycles. The maximum absolute atomic E-state index is 13.1. The van der Waals surface area contributed by atoms with Crippen molar-refractivity contribution in [3.8, 4) is 10.6 Å². The van der Waals surface area contributed by atoms with Gasteiger partial charge in [-0.25, -0.2) is 9.37 Å². The van der Waals surface area contributed by atoms with E-state index in [0.29, 0.717) is 29.2 Å². The van der Waals surface area contributed by atoms with Gasteiger partial charge >= 0.3 is 0 Å². The monoisotopic (exact) mass is 294 g/mol. The van der Waals surface area contributed by atoms with E-state index in [9.17, 15) is 9.18 Å². The largest absolute Gasteiger partial charge is 0.396 e. The number of aliphatic hydroxyl groups is 1. The van der Waals surface area contributed by atoms with Gasteiger partial charge in [-0.3, -0.25) is 4.79 Å². The van der Waals surface area contributed by atoms with Gasteiger partial charge in [-0.1, -0.05) is 12.1 Å². The van der Waals surface area contributed by atoms with Gasteiger partial charge in [0.15, 0.2) is 0 Å². The number of carbonyl (C=O) groups is 1. The number of thiazole rings is 1. The number of hydrogen-bond donors (Lipinski definition) is 2. The van der Waals surface area contributed by atoms with E-state index in [4.69, 9.17) is 5.11 Å². The van der Waals surface area contributed by atoms with Crippen molar-refractivity contribution in [1.82, 2.24) is 10.3 Å². The van der Waals surface area contributed by atoms with Crippen molar-refractivity contribution in [2.45, 2.75) is 12.8 Å². The van der Waals surface area contributed by atoms with Gasteiger partial charge in [0, 0.05) is 24.1 Å². The first kappa shape index (κ1) is 14.6. The van der Waals surface area contributed by atoms with Crippen molar-refractivity contribution in [3.63, 3.8) is 0 Å². The van der Waals surface area contributed by atoms with Gasteiger partial charge in [0.05, 0.1) is 12.1 Å². The van der Waals surface area contributed by atoms with Crippen LogP contribution in [-0.2, 0) is 11.2 Å². The summed E-state index contributed by atoms with van der Waals surface area (Å²) in [5.41, 5.74) is 1.37. The van der Waals surface area contributed by atoms with E-state index in [1.165, 1.54) is 23.5 Å². The quantitative estimate of drug-likeness (QED) is 0.801. The first-order valence-corrected chi connectivity index (χ1v) is 7.15. The molecule has 0 aliphatic rings. The molecule has 0 unspecified atom stereocenters. The Bertz CT molecular complexity index is 586. The zero-order valence-electron chi connectivity index (χ0n) is 10.8. The molecule has 0 atom stereocenters. The Morgan fingerprint density at radius 3 is 3.05 bits per heavy atom. The van der Waals surface area contributed by atoms with Crippen LogP contribution in [0.1, 0.15) is 12.1 Å². The Morgan fingerprint density at radius 1 is 1.45 bits per heavy atom. The molecule has 2 aromatic rings. The molecule has 0 saturated heterocycles. The van der Waals surface area contributed by atoms with Crippen molar-refractivity contribution < 1.29 is 14.3 Å². The molecular formula is C14H15FN2O2S. The highest BCUT2D eigenvalue weighted by molar-refractivity contribution is 7.13. The second-order valence-electron chi connectivity index (χ2n) is 4.26. The number of nitrogens with one attached hydrogen (secondary N) is 1. The van der Waals surface area contributed by atoms with Crippen LogP contribution >= 0.6 is 11.3 Å². The van der Waals surface area contributed by atoms with E-state index in [1.807, 2.05) is 0 Å². The highest BCUT2D eigenvalue weighted by Crippen LogP contribution is 2.24. The summed E-state index contributed by atoms with van der Waals surface area (Å²) in [5, 5.41) is 13.8. The lowest BCUT2D eigenvalue weighted by Gasteiger charge is -2.01. The minimum Gasteiger partial charge on any atom is -0.396 e. The molecule has 0 spiro atoms. The summed E-state index contributed by atoms with van der Waals surface area (Å²) in [6.45, 7) is 0.511. The predicted octanol–water partition coefficient (Wildman–Crippen LogP) is 1.99. The van der Waals surface area contributed by atoms with Gasteiger partial charge < -0.3 is 10.4 Å². The highest BCUT2D eigenvalue weighted by Gasteiger charge is 2.09. The van der Waals surface area contributed by atoms with Gasteiger partial charge in [0.25, 0.3) is 0 Å². The molecule has 0 fully saturated rings. The van der Waals surface area contributed by atoms with Crippen LogP contribution in [0, 0.1) is 5.82 Å². The SMILES string of the molecule is O=C(Cc1csc(-c2cccc(F)c2)n1)NCCCO. The molecule has 0 bridgehead atoms. The molecule has 106 valence electrons. The van der Waals surface area contributed by atoms with E-state index in [2.05, 4.69) is 10.3 Å². The van der Waals surface area contributed by atoms with E-state index in [0.717, 1.165) is 0 Å². The molecule has 1 heterocycles. The lowest BCUT2D eigenvalue weighted by Crippen LogP contribution is -2.26. The second kappa shape index (κ2) is 7.12. The third kappa shape index (κ3) is 4.11. The van der Waals surface area contributed by atoms with Gasteiger partial charge in [-0.2, -0.15) is 0 Å². The summed E-state index contributed by atoms with van der Waals surface area (Å²) in [6.07, 6.45) is 0.731. The lowest BCUT2D eigenvalue weighted by molar-refractivity contribution is -0.120. The zero-order valence-corrected chi connectivity index (χ0v) is 11.6. The summed E-state index contributed by atoms with van der Waals surface area (Å²) < 4.78 is 13.1. The van der Waals surface area contributed by atoms with Gasteiger partial charge in [-0.05, 0) is 18.6 Å². The van der Waals surface area contributed by atoms with E-state index in [1.54, 1.807) is 17.5 Å². The molecule has 2 rings (SSSR count). The van der Waals surface area contributed by atoms with Crippen LogP contribution in [0.3, 0.4) is 0 Å². The molecule has 2 N–H and O–H groups in total. The van der Waals surface area contributed by atoms with E-state index >= 15 is 0 Å². The molecule has 1 aromatic heterocycles. The Kier molecular flexibility index (Phi) is 5.20. The van der Waals surface area contributed by atoms with Crippen LogP contribution in [-0.4, -0.2) is 29.1 Å². The van der Waals surface area contributed by atoms with Gasteiger partial charge in [0.2, 0.25) is 5.91 Å². The molecule has 6 heteroatoms. The summed E-state index contributed by atoms with van der Waals surface area (Å²) in [7, 11) is 0. The number of benzene rings is 1. The number of amides is 1. The molecule has 0 radical (unpaired) electrons. The first-order chi connectivity index (χ1) is 9.69. The third-order valence-corrected chi connectivity index (χ3v) is 3.56. The molecule has 0 aliphatic heterocycles. The number of carbonyl (C=O) groups excluding carboxylic acids is 1. The molecule has 4 nitrogen and oxygen atoms in total. The summed E-state index contributed by atoms with van der Waals surface area (Å²) in [5.74, 6) is -0.435. The fourth-order valence-corrected chi connectivity index (χ4v) is 2.49. The number of rotatable bonds is 6. The molecular weight excluding hydrogens is 279 g/mol. The number of halogens is 1. The topological polar surface area (TPSA) is 62.2 Å². The third-order valence-electron chi connectivity index (χ3n) is 2.62. The van der Waals surface area contributed by atoms with Gasteiger partial charge in [-0.15, -0.1) is 11.3 Å². The fraction of sp³-hybridized carbons (Fsp3) is 0.286. The molecule has 0 aliphatic carbocycles. The van der Waals surface area contributed by atoms with Crippen molar-refractivity contribution in [2.24, 2.45) is 0 Å². The fourth-order valence-electron chi connectivity index (χ4n) is 1.68. The Balaban J connectivity index is 1.97. The minimum atomic E-state index is -0.305. The van der Waals surface area contributed by atoms with Crippen molar-refractivity contribution in [3.05, 3.63) is 41.2 Å². The van der Waals surface area contributed by atoms with Crippen molar-refractivity contribution in [2.75, 3.05) is 13.2 Å². The van der Waals surface area contributed by atoms with Crippen LogP contribution in [0.25, 0.3) is 10.6 Å². The number of aromatic nitrogens is 1. The number of aliphatic hydroxyl groups excluding tert-OH is 1. The Labute approximate surface area is 120 Å². The predicted molar refractivity (Wildman–Crippen MR) is 75.9 cm³/mol. The average molecular weight is 294 g/mol. The standard InChI is InChI=1S/C14H15FN2O2S/c15-11-4-1-3-10(7-11)14-17-12(9-20-14)8-13(19)16-5-2-6-18/h1,3-4,7,9,18H,2,5-6,8H2,(H,16,19). The highest BCUT2D eigenvalue weighted by atomic mass is 32.1. The summed E-state index contributed by atoms with van der Waals surface area (Å²) >= 11 is 1.38. The summed E-state index contributed by atoms with van der Waals surface area (Å²) in [4.78, 5) is 15.9. The molecule has 1 aromatic carbocycles. The number of hydrogen-bond acceptors (Lipinski definition) is 4. The first-order valence-electron chi connectivity index (χ1n) is 6.27. The van der Waals surface area contributed by atoms with Crippen LogP contribution in [0.15, 0.2) is 29.6 Å². The van der Waals surface area contributed by atoms with Crippen LogP contribution in [0.5, 0.6) is 0 Å². The number of nitrogens with zero attached hydrogens (tertiary/aromatic N) is 1. The van der Waals surface area contributed by atoms with Crippen LogP contribution in [0.4, 0.5) is 4.39 Å². The smallest absolute Gasteiger partial charge is 0.226 e. The minimum absolute atomic E-state index is 0.0563. The molecule has 20 heavy (non-hydrogen) atoms. The van der Waals surface area contributed by atoms with E-state index in [-0.39, 0.29) is 24.8 Å². The second-order valence-corrected chi connectivity index (χ2v) is 5.12. The molecule has 1 amide bonds. The average Bonchev–Trinajstić information content (AvgIpc) is 2.87. The van der Waals surface area contributed by atoms with Crippen LogP contribution < -0.4 is 5.32 Å². The van der Waals surface area contributed by atoms with Crippen molar-refractivity contribution >= 4 is 17.2 Å². The summed E-state index contributed by atoms with van der Waals surface area (Å²) in [6, 6.07) is 6.22. The Morgan fingerprint density at radius 2 is 2.30 bits per heavy atom.